The molecule has 17 heavy (non-hydrogen) atoms. The Balaban J connectivity index is -0.000000490. The van der Waals surface area contributed by atoms with Gasteiger partial charge in [-0.05, 0) is 6.42 Å². The number of hydrogen-bond acceptors (Lipinski definition) is 0. The van der Waals surface area contributed by atoms with Gasteiger partial charge in [0, 0.05) is 0 Å². The summed E-state index contributed by atoms with van der Waals surface area (Å²) in [6.07, 6.45) is 11.6. The zero-order valence-electron chi connectivity index (χ0n) is 10.5. The van der Waals surface area contributed by atoms with Gasteiger partial charge in [-0.25, -0.2) is 5.57 Å². The molecule has 4 heteroatoms. The standard InChI is InChI=1S/C13H19.3ClH.Ti/c1-3-10-9-11(4-2)13-8-6-5-7-12(10)13;;;;/h10H,3-8H2,1-2H3;3*1H;/q-1;;;;+4/p-3. The van der Waals surface area contributed by atoms with E-state index >= 15 is 0 Å². The van der Waals surface area contributed by atoms with E-state index in [-0.39, 0.29) is 58.9 Å². The Morgan fingerprint density at radius 1 is 1.06 bits per heavy atom. The molecule has 2 aliphatic carbocycles. The van der Waals surface area contributed by atoms with Crippen LogP contribution in [0.25, 0.3) is 0 Å². The van der Waals surface area contributed by atoms with Crippen LogP contribution < -0.4 is 37.2 Å². The van der Waals surface area contributed by atoms with Gasteiger partial charge in [-0.2, -0.15) is 11.1 Å². The Labute approximate surface area is 139 Å². The van der Waals surface area contributed by atoms with E-state index in [4.69, 9.17) is 0 Å². The molecule has 0 aliphatic heterocycles. The summed E-state index contributed by atoms with van der Waals surface area (Å²) in [5, 5.41) is 0. The van der Waals surface area contributed by atoms with Crippen molar-refractivity contribution >= 4 is 0 Å². The molecule has 0 N–H and O–H groups in total. The fourth-order valence-corrected chi connectivity index (χ4v) is 2.71. The summed E-state index contributed by atoms with van der Waals surface area (Å²) in [6.45, 7) is 4.55. The van der Waals surface area contributed by atoms with E-state index in [1.807, 2.05) is 0 Å². The van der Waals surface area contributed by atoms with Crippen molar-refractivity contribution in [2.24, 2.45) is 5.92 Å². The zero-order chi connectivity index (χ0) is 9.26. The van der Waals surface area contributed by atoms with Crippen LogP contribution in [0.2, 0.25) is 0 Å². The van der Waals surface area contributed by atoms with Crippen molar-refractivity contribution in [3.8, 4) is 0 Å². The topological polar surface area (TPSA) is 0 Å². The maximum atomic E-state index is 3.67. The monoisotopic (exact) mass is 328 g/mol. The second-order valence-electron chi connectivity index (χ2n) is 4.15. The van der Waals surface area contributed by atoms with Crippen molar-refractivity contribution in [2.45, 2.75) is 52.4 Å². The second-order valence-corrected chi connectivity index (χ2v) is 4.15. The molecule has 1 unspecified atom stereocenters. The molecule has 0 amide bonds. The maximum absolute atomic E-state index is 3.67. The first-order valence-corrected chi connectivity index (χ1v) is 5.71. The van der Waals surface area contributed by atoms with E-state index in [9.17, 15) is 0 Å². The van der Waals surface area contributed by atoms with Crippen molar-refractivity contribution in [3.05, 3.63) is 22.8 Å². The molecule has 96 valence electrons. The molecule has 0 aromatic heterocycles. The predicted molar refractivity (Wildman–Crippen MR) is 56.3 cm³/mol. The molecule has 0 bridgehead atoms. The minimum atomic E-state index is 0. The number of hydrogen-bond donors (Lipinski definition) is 0. The second kappa shape index (κ2) is 10.9. The van der Waals surface area contributed by atoms with Crippen LogP contribution in [0.4, 0.5) is 0 Å². The SMILES string of the molecule is CCC1=[C-]C(CC)C2=C1CCCC2.[Cl-].[Cl-].[Cl-].[Ti+4]. The van der Waals surface area contributed by atoms with Gasteiger partial charge in [0.15, 0.2) is 0 Å². The molecule has 0 radical (unpaired) electrons. The van der Waals surface area contributed by atoms with Crippen LogP contribution in [0.3, 0.4) is 0 Å². The van der Waals surface area contributed by atoms with Gasteiger partial charge in [0.05, 0.1) is 0 Å². The quantitative estimate of drug-likeness (QED) is 0.352. The molecule has 0 saturated carbocycles. The van der Waals surface area contributed by atoms with E-state index in [1.165, 1.54) is 38.5 Å². The smallest absolute Gasteiger partial charge is 1.00 e. The van der Waals surface area contributed by atoms with Crippen LogP contribution in [0.1, 0.15) is 52.4 Å². The minimum absolute atomic E-state index is 0. The summed E-state index contributed by atoms with van der Waals surface area (Å²) in [4.78, 5) is 0. The molecule has 0 spiro atoms. The minimum Gasteiger partial charge on any atom is -1.00 e. The van der Waals surface area contributed by atoms with Crippen LogP contribution in [0, 0.1) is 12.0 Å². The Morgan fingerprint density at radius 3 is 2.18 bits per heavy atom. The first-order chi connectivity index (χ1) is 6.36. The molecule has 2 rings (SSSR count). The van der Waals surface area contributed by atoms with Gasteiger partial charge in [0.2, 0.25) is 0 Å². The van der Waals surface area contributed by atoms with E-state index in [0.29, 0.717) is 5.92 Å². The van der Waals surface area contributed by atoms with Crippen LogP contribution >= 0.6 is 0 Å². The molecular weight excluding hydrogens is 310 g/mol. The van der Waals surface area contributed by atoms with Crippen molar-refractivity contribution in [1.82, 2.24) is 0 Å². The molecular formula is C13H19Cl3Ti. The summed E-state index contributed by atoms with van der Waals surface area (Å²) >= 11 is 0. The van der Waals surface area contributed by atoms with Gasteiger partial charge in [-0.1, -0.05) is 51.9 Å². The number of rotatable bonds is 2. The Kier molecular flexibility index (Phi) is 14.9. The molecule has 2 aliphatic rings. The Bertz CT molecular complexity index is 272. The Hall–Kier alpha value is 1.06. The fraction of sp³-hybridized carbons (Fsp3) is 0.692. The number of allylic oxidation sites excluding steroid dienone is 4. The van der Waals surface area contributed by atoms with Gasteiger partial charge >= 0.3 is 21.7 Å². The molecule has 1 atom stereocenters. The van der Waals surface area contributed by atoms with E-state index in [1.54, 1.807) is 16.7 Å². The van der Waals surface area contributed by atoms with Crippen LogP contribution in [0.15, 0.2) is 16.7 Å². The molecule has 0 aromatic carbocycles. The predicted octanol–water partition coefficient (Wildman–Crippen LogP) is -4.95. The van der Waals surface area contributed by atoms with Crippen LogP contribution in [-0.2, 0) is 21.7 Å². The zero-order valence-corrected chi connectivity index (χ0v) is 14.3. The normalized spacial score (nSPS) is 21.1. The summed E-state index contributed by atoms with van der Waals surface area (Å²) in [5.74, 6) is 0.685. The van der Waals surface area contributed by atoms with Gasteiger partial charge < -0.3 is 37.2 Å². The van der Waals surface area contributed by atoms with Gasteiger partial charge in [-0.15, -0.1) is 0 Å². The molecule has 0 heterocycles. The first kappa shape index (κ1) is 23.2. The summed E-state index contributed by atoms with van der Waals surface area (Å²) in [7, 11) is 0. The van der Waals surface area contributed by atoms with Gasteiger partial charge in [0.25, 0.3) is 0 Å². The largest absolute Gasteiger partial charge is 4.00 e. The Morgan fingerprint density at radius 2 is 1.65 bits per heavy atom. The third-order valence-corrected chi connectivity index (χ3v) is 3.41. The third kappa shape index (κ3) is 4.92. The van der Waals surface area contributed by atoms with Gasteiger partial charge in [-0.3, -0.25) is 6.08 Å². The van der Waals surface area contributed by atoms with E-state index in [2.05, 4.69) is 19.9 Å². The molecule has 0 fully saturated rings. The van der Waals surface area contributed by atoms with Gasteiger partial charge in [0.1, 0.15) is 0 Å². The molecule has 0 aromatic rings. The van der Waals surface area contributed by atoms with Crippen molar-refractivity contribution in [2.75, 3.05) is 0 Å². The average Bonchev–Trinajstić information content (AvgIpc) is 2.56. The van der Waals surface area contributed by atoms with Crippen molar-refractivity contribution < 1.29 is 58.9 Å². The van der Waals surface area contributed by atoms with Crippen LogP contribution in [-0.4, -0.2) is 0 Å². The van der Waals surface area contributed by atoms with Crippen LogP contribution in [0.5, 0.6) is 0 Å². The molecule has 0 nitrogen and oxygen atoms in total. The fourth-order valence-electron chi connectivity index (χ4n) is 2.71. The van der Waals surface area contributed by atoms with Crippen molar-refractivity contribution in [3.63, 3.8) is 0 Å². The maximum Gasteiger partial charge on any atom is 4.00 e. The summed E-state index contributed by atoms with van der Waals surface area (Å²) < 4.78 is 0. The number of halogens is 3. The van der Waals surface area contributed by atoms with Crippen molar-refractivity contribution in [1.29, 1.82) is 0 Å². The molecule has 0 saturated heterocycles. The van der Waals surface area contributed by atoms with E-state index < -0.39 is 0 Å². The summed E-state index contributed by atoms with van der Waals surface area (Å²) in [6, 6.07) is 0. The average molecular weight is 330 g/mol. The first-order valence-electron chi connectivity index (χ1n) is 5.71. The summed E-state index contributed by atoms with van der Waals surface area (Å²) in [5.41, 5.74) is 4.98. The third-order valence-electron chi connectivity index (χ3n) is 3.41. The van der Waals surface area contributed by atoms with E-state index in [0.717, 1.165) is 0 Å².